The Kier molecular flexibility index (Phi) is 9.66. The number of benzene rings is 2. The minimum Gasteiger partial charge on any atom is -0.453 e. The van der Waals surface area contributed by atoms with Crippen LogP contribution in [0.5, 0.6) is 0 Å². The zero-order chi connectivity index (χ0) is 32.5. The lowest BCUT2D eigenvalue weighted by Crippen LogP contribution is -2.72. The summed E-state index contributed by atoms with van der Waals surface area (Å²) in [6, 6.07) is 2.19. The van der Waals surface area contributed by atoms with Crippen molar-refractivity contribution in [3.05, 3.63) is 64.7 Å². The zero-order valence-corrected chi connectivity index (χ0v) is 23.2. The van der Waals surface area contributed by atoms with E-state index in [0.717, 1.165) is 25.2 Å². The number of carbonyl (C=O) groups excluding carboxylic acids is 2. The second-order valence-corrected chi connectivity index (χ2v) is 10.1. The molecule has 0 N–H and O–H groups in total. The summed E-state index contributed by atoms with van der Waals surface area (Å²) in [5.41, 5.74) is -4.82. The highest BCUT2D eigenvalue weighted by Crippen LogP contribution is 2.52. The number of quaternary nitrogens is 1. The molecule has 2 amide bonds. The van der Waals surface area contributed by atoms with Crippen molar-refractivity contribution in [3.8, 4) is 0 Å². The largest absolute Gasteiger partial charge is 0.576 e. The quantitative estimate of drug-likeness (QED) is 0.185. The van der Waals surface area contributed by atoms with Gasteiger partial charge in [0.1, 0.15) is 12.1 Å². The summed E-state index contributed by atoms with van der Waals surface area (Å²) in [6.45, 7) is 1.07. The van der Waals surface area contributed by atoms with Gasteiger partial charge in [-0.1, -0.05) is 22.7 Å². The molecule has 0 fully saturated rings. The van der Waals surface area contributed by atoms with Gasteiger partial charge in [-0.25, -0.2) is 4.79 Å². The molecular weight excluding hydrogens is 603 g/mol. The van der Waals surface area contributed by atoms with Crippen LogP contribution in [0, 0.1) is 0 Å². The van der Waals surface area contributed by atoms with E-state index in [4.69, 9.17) is 14.2 Å². The Morgan fingerprint density at radius 2 is 1.49 bits per heavy atom. The Hall–Kier alpha value is -3.53. The van der Waals surface area contributed by atoms with Gasteiger partial charge in [-0.2, -0.15) is 31.1 Å². The Labute approximate surface area is 240 Å². The van der Waals surface area contributed by atoms with Gasteiger partial charge in [0.2, 0.25) is 0 Å². The number of halogens is 9. The Morgan fingerprint density at radius 3 is 1.95 bits per heavy atom. The van der Waals surface area contributed by atoms with Crippen LogP contribution in [0.2, 0.25) is 0 Å². The van der Waals surface area contributed by atoms with E-state index < -0.39 is 95.5 Å². The fourth-order valence-corrected chi connectivity index (χ4v) is 5.20. The molecule has 1 heterocycles. The molecule has 2 aromatic carbocycles. The second kappa shape index (κ2) is 12.2. The third kappa shape index (κ3) is 6.69. The summed E-state index contributed by atoms with van der Waals surface area (Å²) in [5, 5.41) is 0. The molecule has 0 bridgehead atoms. The molecule has 3 atom stereocenters. The summed E-state index contributed by atoms with van der Waals surface area (Å²) >= 11 is 0. The number of nitrogens with zero attached hydrogens (tertiary/aromatic N) is 2. The Morgan fingerprint density at radius 1 is 0.930 bits per heavy atom. The van der Waals surface area contributed by atoms with Crippen LogP contribution in [0.3, 0.4) is 0 Å². The summed E-state index contributed by atoms with van der Waals surface area (Å²) in [7, 11) is 1.97. The number of hydrogen-bond acceptors (Lipinski definition) is 5. The fraction of sp³-hybridized carbons (Fsp3) is 0.481. The average molecular weight is 632 g/mol. The number of alkyl halides is 9. The average Bonchev–Trinajstić information content (AvgIpc) is 2.88. The van der Waals surface area contributed by atoms with Crippen molar-refractivity contribution in [1.82, 2.24) is 9.38 Å². The van der Waals surface area contributed by atoms with E-state index in [-0.39, 0.29) is 11.6 Å². The van der Waals surface area contributed by atoms with E-state index in [1.807, 2.05) is 0 Å². The van der Waals surface area contributed by atoms with Crippen LogP contribution < -0.4 is 4.48 Å². The maximum absolute atomic E-state index is 15.1. The van der Waals surface area contributed by atoms with Gasteiger partial charge in [0, 0.05) is 31.7 Å². The highest BCUT2D eigenvalue weighted by atomic mass is 19.4. The number of amides is 2. The summed E-state index contributed by atoms with van der Waals surface area (Å²) in [4.78, 5) is 27.0. The Bertz CT molecular complexity index is 1290. The van der Waals surface area contributed by atoms with Gasteiger partial charge in [-0.3, -0.25) is 4.90 Å². The predicted molar refractivity (Wildman–Crippen MR) is 133 cm³/mol. The highest BCUT2D eigenvalue weighted by molar-refractivity contribution is 5.86. The molecule has 2 aromatic rings. The van der Waals surface area contributed by atoms with E-state index in [0.29, 0.717) is 12.1 Å². The molecule has 0 saturated carbocycles. The molecule has 3 rings (SSSR count). The van der Waals surface area contributed by atoms with Crippen LogP contribution in [0.4, 0.5) is 54.8 Å². The lowest BCUT2D eigenvalue weighted by molar-refractivity contribution is -0.244. The first-order valence-corrected chi connectivity index (χ1v) is 12.7. The van der Waals surface area contributed by atoms with Gasteiger partial charge in [-0.15, -0.1) is 13.2 Å². The number of ether oxygens (including phenoxy) is 3. The number of carbonyl (C=O) groups is 2. The lowest BCUT2D eigenvalue weighted by Gasteiger charge is -2.47. The predicted octanol–water partition coefficient (Wildman–Crippen LogP) is 7.82. The smallest absolute Gasteiger partial charge is 0.453 e. The normalized spacial score (nSPS) is 20.9. The van der Waals surface area contributed by atoms with Crippen LogP contribution in [0.25, 0.3) is 0 Å². The van der Waals surface area contributed by atoms with Gasteiger partial charge >= 0.3 is 30.8 Å². The van der Waals surface area contributed by atoms with E-state index >= 15 is 13.2 Å². The van der Waals surface area contributed by atoms with Gasteiger partial charge in [0.15, 0.2) is 5.69 Å². The van der Waals surface area contributed by atoms with Gasteiger partial charge in [0.05, 0.1) is 30.9 Å². The zero-order valence-electron chi connectivity index (χ0n) is 23.2. The van der Waals surface area contributed by atoms with Crippen molar-refractivity contribution in [3.63, 3.8) is 0 Å². The van der Waals surface area contributed by atoms with Gasteiger partial charge in [0.25, 0.3) is 0 Å². The second-order valence-electron chi connectivity index (χ2n) is 10.1. The van der Waals surface area contributed by atoms with Crippen molar-refractivity contribution in [1.29, 1.82) is 0 Å². The molecular formula is C27H28F9N2O5+. The van der Waals surface area contributed by atoms with E-state index in [2.05, 4.69) is 0 Å². The van der Waals surface area contributed by atoms with Crippen LogP contribution in [-0.2, 0) is 33.1 Å². The van der Waals surface area contributed by atoms with Crippen molar-refractivity contribution >= 4 is 17.9 Å². The molecule has 0 saturated heterocycles. The summed E-state index contributed by atoms with van der Waals surface area (Å²) in [6.07, 6.45) is -20.3. The van der Waals surface area contributed by atoms with E-state index in [1.54, 1.807) is 0 Å². The number of hydrogen-bond donors (Lipinski definition) is 0. The molecule has 0 aliphatic carbocycles. The number of methoxy groups -OCH3 is 2. The number of rotatable bonds is 6. The minimum absolute atomic E-state index is 0.0913. The van der Waals surface area contributed by atoms with Crippen molar-refractivity contribution in [2.75, 3.05) is 20.8 Å². The molecule has 16 heteroatoms. The minimum atomic E-state index is -5.31. The third-order valence-corrected chi connectivity index (χ3v) is 6.89. The van der Waals surface area contributed by atoms with Crippen molar-refractivity contribution in [2.24, 2.45) is 0 Å². The van der Waals surface area contributed by atoms with Crippen LogP contribution in [-0.4, -0.2) is 56.4 Å². The molecule has 7 nitrogen and oxygen atoms in total. The summed E-state index contributed by atoms with van der Waals surface area (Å²) < 4.78 is 139. The molecule has 0 radical (unpaired) electrons. The van der Waals surface area contributed by atoms with Gasteiger partial charge in [-0.05, 0) is 37.6 Å². The third-order valence-electron chi connectivity index (χ3n) is 6.89. The molecule has 0 aromatic heterocycles. The lowest BCUT2D eigenvalue weighted by atomic mass is 9.87. The van der Waals surface area contributed by atoms with Crippen molar-refractivity contribution < 1.29 is 63.3 Å². The van der Waals surface area contributed by atoms with Crippen LogP contribution in [0.15, 0.2) is 42.5 Å². The molecule has 0 spiro atoms. The number of para-hydroxylation sites is 1. The molecule has 1 unspecified atom stereocenters. The Balaban J connectivity index is 2.28. The van der Waals surface area contributed by atoms with Crippen molar-refractivity contribution in [2.45, 2.75) is 63.7 Å². The first-order valence-electron chi connectivity index (χ1n) is 12.7. The van der Waals surface area contributed by atoms with E-state index in [1.165, 1.54) is 32.0 Å². The molecule has 43 heavy (non-hydrogen) atoms. The maximum Gasteiger partial charge on any atom is 0.576 e. The summed E-state index contributed by atoms with van der Waals surface area (Å²) in [5.74, 6) is 0. The topological polar surface area (TPSA) is 65.1 Å². The van der Waals surface area contributed by atoms with Gasteiger partial charge < -0.3 is 14.2 Å². The molecule has 238 valence electrons. The standard InChI is InChI=1S/C27H28F9N2O5/c1-15(2)43-24(40)38(27(34,35)36)19(14-41-3)12-21(20-7-5-6-8-22(20)38)37(23(39)42-4)13-16-9-17(25(28,29)30)11-18(10-16)26(31,32)33/h5-11,15,19,21H,12-14H2,1-4H3/q+1/t19-,21-,38?/m0/s1. The monoisotopic (exact) mass is 631 g/mol. The number of fused-ring (bicyclic) bond motifs is 1. The van der Waals surface area contributed by atoms with E-state index in [9.17, 15) is 35.9 Å². The first kappa shape index (κ1) is 34.0. The van der Waals surface area contributed by atoms with Crippen LogP contribution >= 0.6 is 0 Å². The highest BCUT2D eigenvalue weighted by Gasteiger charge is 2.71. The fourth-order valence-electron chi connectivity index (χ4n) is 5.20. The maximum atomic E-state index is 15.1. The van der Waals surface area contributed by atoms with Crippen LogP contribution in [0.1, 0.15) is 48.6 Å². The first-order chi connectivity index (χ1) is 19.8. The molecule has 1 aliphatic heterocycles. The SMILES string of the molecule is COC[C@@H]1C[C@H](N(Cc2cc(C(F)(F)F)cc(C(F)(F)F)c2)C(=O)OC)c2ccccc2[N+]1(C(=O)OC(C)C)C(F)(F)F. The molecule has 1 aliphatic rings.